The molecular weight excluding hydrogens is 256 g/mol. The van der Waals surface area contributed by atoms with Gasteiger partial charge in [0.1, 0.15) is 17.7 Å². The van der Waals surface area contributed by atoms with Crippen LogP contribution in [0.25, 0.3) is 0 Å². The normalized spacial score (nSPS) is 20.4. The summed E-state index contributed by atoms with van der Waals surface area (Å²) in [5.41, 5.74) is -1.18. The fraction of sp³-hybridized carbons (Fsp3) is 0.750. The molecule has 0 aromatic carbocycles. The fourth-order valence-corrected chi connectivity index (χ4v) is 2.35. The highest BCUT2D eigenvalue weighted by molar-refractivity contribution is 5.75. The minimum Gasteiger partial charge on any atom is -0.480 e. The second kappa shape index (κ2) is 4.54. The Morgan fingerprint density at radius 1 is 1.47 bits per heavy atom. The van der Waals surface area contributed by atoms with Crippen molar-refractivity contribution in [1.29, 1.82) is 0 Å². The highest BCUT2D eigenvalue weighted by Gasteiger charge is 2.39. The van der Waals surface area contributed by atoms with Crippen molar-refractivity contribution in [2.24, 2.45) is 0 Å². The van der Waals surface area contributed by atoms with Crippen molar-refractivity contribution in [3.05, 3.63) is 12.2 Å². The molecule has 0 radical (unpaired) electrons. The van der Waals surface area contributed by atoms with Gasteiger partial charge in [-0.1, -0.05) is 0 Å². The first-order valence-corrected chi connectivity index (χ1v) is 6.26. The summed E-state index contributed by atoms with van der Waals surface area (Å²) in [6, 6.07) is 0. The van der Waals surface area contributed by atoms with E-state index in [-0.39, 0.29) is 18.8 Å². The van der Waals surface area contributed by atoms with Crippen LogP contribution in [-0.2, 0) is 10.3 Å². The van der Waals surface area contributed by atoms with Crippen molar-refractivity contribution in [3.63, 3.8) is 0 Å². The zero-order valence-electron chi connectivity index (χ0n) is 10.9. The predicted molar refractivity (Wildman–Crippen MR) is 63.1 cm³/mol. The molecule has 19 heavy (non-hydrogen) atoms. The maximum atomic E-state index is 13.1. The molecule has 0 atom stereocenters. The van der Waals surface area contributed by atoms with E-state index in [9.17, 15) is 18.7 Å². The predicted octanol–water partition coefficient (Wildman–Crippen LogP) is 2.39. The lowest BCUT2D eigenvalue weighted by Crippen LogP contribution is -2.37. The van der Waals surface area contributed by atoms with Crippen molar-refractivity contribution in [3.8, 4) is 0 Å². The Kier molecular flexibility index (Phi) is 3.32. The molecule has 106 valence electrons. The molecule has 1 heterocycles. The summed E-state index contributed by atoms with van der Waals surface area (Å²) >= 11 is 0. The molecule has 1 fully saturated rings. The summed E-state index contributed by atoms with van der Waals surface area (Å²) in [6.07, 6.45) is 1.61. The third-order valence-corrected chi connectivity index (χ3v) is 3.78. The first kappa shape index (κ1) is 13.9. The molecule has 0 saturated heterocycles. The number of carbonyl (C=O) groups is 1. The third kappa shape index (κ3) is 2.59. The lowest BCUT2D eigenvalue weighted by atomic mass is 9.85. The number of aliphatic carboxylic acids is 1. The molecule has 0 aliphatic heterocycles. The van der Waals surface area contributed by atoms with E-state index >= 15 is 0 Å². The molecule has 0 bridgehead atoms. The van der Waals surface area contributed by atoms with Gasteiger partial charge in [-0.05, 0) is 26.7 Å². The van der Waals surface area contributed by atoms with Crippen molar-refractivity contribution in [1.82, 2.24) is 14.8 Å². The van der Waals surface area contributed by atoms with Crippen LogP contribution in [0.15, 0.2) is 6.33 Å². The van der Waals surface area contributed by atoms with Gasteiger partial charge in [0.05, 0.1) is 0 Å². The highest BCUT2D eigenvalue weighted by atomic mass is 19.3. The molecule has 1 aliphatic carbocycles. The molecule has 7 heteroatoms. The van der Waals surface area contributed by atoms with E-state index in [1.165, 1.54) is 10.9 Å². The van der Waals surface area contributed by atoms with Crippen LogP contribution in [0.4, 0.5) is 8.78 Å². The monoisotopic (exact) mass is 273 g/mol. The molecule has 1 N–H and O–H groups in total. The van der Waals surface area contributed by atoms with Crippen molar-refractivity contribution >= 4 is 5.97 Å². The van der Waals surface area contributed by atoms with Crippen LogP contribution >= 0.6 is 0 Å². The molecule has 2 rings (SSSR count). The summed E-state index contributed by atoms with van der Waals surface area (Å²) in [5, 5.41) is 16.9. The SMILES string of the molecule is CC(C)(C(=O)O)n1cnnc1C1CCC(F)(F)CC1. The Morgan fingerprint density at radius 2 is 2.05 bits per heavy atom. The number of hydrogen-bond donors (Lipinski definition) is 1. The van der Waals surface area contributed by atoms with Crippen LogP contribution in [0.5, 0.6) is 0 Å². The minimum absolute atomic E-state index is 0.152. The summed E-state index contributed by atoms with van der Waals surface area (Å²) in [7, 11) is 0. The van der Waals surface area contributed by atoms with E-state index in [4.69, 9.17) is 0 Å². The molecule has 0 amide bonds. The summed E-state index contributed by atoms with van der Waals surface area (Å²) in [6.45, 7) is 3.08. The lowest BCUT2D eigenvalue weighted by molar-refractivity contribution is -0.145. The van der Waals surface area contributed by atoms with Crippen LogP contribution in [0.3, 0.4) is 0 Å². The number of hydrogen-bond acceptors (Lipinski definition) is 3. The van der Waals surface area contributed by atoms with Gasteiger partial charge in [0.2, 0.25) is 5.92 Å². The van der Waals surface area contributed by atoms with Gasteiger partial charge in [0, 0.05) is 18.8 Å². The number of carboxylic acids is 1. The summed E-state index contributed by atoms with van der Waals surface area (Å²) in [4.78, 5) is 11.3. The van der Waals surface area contributed by atoms with E-state index in [2.05, 4.69) is 10.2 Å². The molecular formula is C12H17F2N3O2. The van der Waals surface area contributed by atoms with Gasteiger partial charge in [-0.3, -0.25) is 0 Å². The number of aromatic nitrogens is 3. The Balaban J connectivity index is 2.24. The largest absolute Gasteiger partial charge is 0.480 e. The molecule has 1 aliphatic rings. The second-order valence-electron chi connectivity index (χ2n) is 5.55. The maximum Gasteiger partial charge on any atom is 0.329 e. The summed E-state index contributed by atoms with van der Waals surface area (Å²) in [5.74, 6) is -3.28. The molecule has 0 spiro atoms. The van der Waals surface area contributed by atoms with Gasteiger partial charge in [-0.25, -0.2) is 13.6 Å². The number of nitrogens with zero attached hydrogens (tertiary/aromatic N) is 3. The second-order valence-corrected chi connectivity index (χ2v) is 5.55. The average Bonchev–Trinajstić information content (AvgIpc) is 2.78. The average molecular weight is 273 g/mol. The van der Waals surface area contributed by atoms with E-state index in [1.54, 1.807) is 13.8 Å². The maximum absolute atomic E-state index is 13.1. The van der Waals surface area contributed by atoms with E-state index in [0.29, 0.717) is 18.7 Å². The van der Waals surface area contributed by atoms with Gasteiger partial charge in [0.15, 0.2) is 0 Å². The Bertz CT molecular complexity index is 475. The fourth-order valence-electron chi connectivity index (χ4n) is 2.35. The first-order chi connectivity index (χ1) is 8.74. The van der Waals surface area contributed by atoms with Gasteiger partial charge in [0.25, 0.3) is 0 Å². The standard InChI is InChI=1S/C12H17F2N3O2/c1-11(2,10(18)19)17-7-15-16-9(17)8-3-5-12(13,14)6-4-8/h7-8H,3-6H2,1-2H3,(H,18,19). The number of halogens is 2. The van der Waals surface area contributed by atoms with Crippen LogP contribution in [-0.4, -0.2) is 31.8 Å². The smallest absolute Gasteiger partial charge is 0.329 e. The zero-order chi connectivity index (χ0) is 14.3. The van der Waals surface area contributed by atoms with E-state index in [0.717, 1.165) is 0 Å². The van der Waals surface area contributed by atoms with Gasteiger partial charge >= 0.3 is 5.97 Å². The number of carboxylic acid groups (broad SMARTS) is 1. The van der Waals surface area contributed by atoms with Crippen LogP contribution in [0.1, 0.15) is 51.3 Å². The molecule has 1 saturated carbocycles. The minimum atomic E-state index is -2.61. The lowest BCUT2D eigenvalue weighted by Gasteiger charge is -2.30. The van der Waals surface area contributed by atoms with Crippen molar-refractivity contribution in [2.45, 2.75) is 56.9 Å². The topological polar surface area (TPSA) is 68.0 Å². The van der Waals surface area contributed by atoms with Gasteiger partial charge < -0.3 is 9.67 Å². The van der Waals surface area contributed by atoms with Gasteiger partial charge in [-0.2, -0.15) is 0 Å². The van der Waals surface area contributed by atoms with Crippen LogP contribution < -0.4 is 0 Å². The molecule has 1 aromatic rings. The molecule has 0 unspecified atom stereocenters. The van der Waals surface area contributed by atoms with E-state index < -0.39 is 17.4 Å². The van der Waals surface area contributed by atoms with Crippen molar-refractivity contribution < 1.29 is 18.7 Å². The van der Waals surface area contributed by atoms with Crippen LogP contribution in [0.2, 0.25) is 0 Å². The highest BCUT2D eigenvalue weighted by Crippen LogP contribution is 2.40. The van der Waals surface area contributed by atoms with E-state index in [1.807, 2.05) is 0 Å². The number of rotatable bonds is 3. The van der Waals surface area contributed by atoms with Crippen LogP contribution in [0, 0.1) is 0 Å². The summed E-state index contributed by atoms with van der Waals surface area (Å²) < 4.78 is 27.8. The Labute approximate surface area is 109 Å². The zero-order valence-corrected chi connectivity index (χ0v) is 10.9. The first-order valence-electron chi connectivity index (χ1n) is 6.26. The Morgan fingerprint density at radius 3 is 2.58 bits per heavy atom. The molecule has 5 nitrogen and oxygen atoms in total. The van der Waals surface area contributed by atoms with Crippen molar-refractivity contribution in [2.75, 3.05) is 0 Å². The number of alkyl halides is 2. The quantitative estimate of drug-likeness (QED) is 0.918. The van der Waals surface area contributed by atoms with Gasteiger partial charge in [-0.15, -0.1) is 10.2 Å². The third-order valence-electron chi connectivity index (χ3n) is 3.78. The Hall–Kier alpha value is -1.53. The molecule has 1 aromatic heterocycles.